The highest BCUT2D eigenvalue weighted by molar-refractivity contribution is 7.20. The van der Waals surface area contributed by atoms with Gasteiger partial charge < -0.3 is 0 Å². The van der Waals surface area contributed by atoms with Crippen LogP contribution in [0, 0.1) is 0 Å². The van der Waals surface area contributed by atoms with Crippen molar-refractivity contribution in [2.45, 2.75) is 13.3 Å². The van der Waals surface area contributed by atoms with Crippen molar-refractivity contribution in [2.75, 3.05) is 0 Å². The van der Waals surface area contributed by atoms with Gasteiger partial charge in [0.05, 0.1) is 15.0 Å². The Morgan fingerprint density at radius 2 is 2.21 bits per heavy atom. The van der Waals surface area contributed by atoms with Crippen LogP contribution in [0.2, 0.25) is 8.67 Å². The molecule has 2 heterocycles. The summed E-state index contributed by atoms with van der Waals surface area (Å²) in [6.07, 6.45) is 0.958. The van der Waals surface area contributed by atoms with Crippen LogP contribution in [0.4, 0.5) is 0 Å². The fourth-order valence-electron chi connectivity index (χ4n) is 1.11. The highest BCUT2D eigenvalue weighted by atomic mass is 35.5. The van der Waals surface area contributed by atoms with Crippen LogP contribution < -0.4 is 0 Å². The first-order valence-electron chi connectivity index (χ1n) is 4.10. The molecule has 0 N–H and O–H groups in total. The van der Waals surface area contributed by atoms with E-state index in [1.807, 2.05) is 11.4 Å². The van der Waals surface area contributed by atoms with E-state index in [9.17, 15) is 0 Å². The predicted molar refractivity (Wildman–Crippen MR) is 64.8 cm³/mol. The number of nitrogens with zero attached hydrogens (tertiary/aromatic N) is 1. The molecule has 1 nitrogen and oxygen atoms in total. The molecule has 2 aromatic rings. The molecule has 2 rings (SSSR count). The molecule has 0 aliphatic heterocycles. The Bertz CT molecular complexity index is 447. The zero-order valence-corrected chi connectivity index (χ0v) is 10.5. The zero-order chi connectivity index (χ0) is 10.1. The van der Waals surface area contributed by atoms with Gasteiger partial charge in [-0.2, -0.15) is 0 Å². The third-order valence-corrected chi connectivity index (χ3v) is 4.27. The Balaban J connectivity index is 2.43. The lowest BCUT2D eigenvalue weighted by atomic mass is 10.3. The minimum Gasteiger partial charge on any atom is -0.241 e. The molecular weight excluding hydrogens is 257 g/mol. The molecule has 0 bridgehead atoms. The third-order valence-electron chi connectivity index (χ3n) is 1.79. The molecule has 0 aromatic carbocycles. The van der Waals surface area contributed by atoms with E-state index in [-0.39, 0.29) is 0 Å². The van der Waals surface area contributed by atoms with E-state index < -0.39 is 0 Å². The van der Waals surface area contributed by atoms with Crippen molar-refractivity contribution >= 4 is 45.9 Å². The maximum absolute atomic E-state index is 6.03. The summed E-state index contributed by atoms with van der Waals surface area (Å²) in [7, 11) is 0. The molecule has 0 saturated carbocycles. The molecule has 0 aliphatic carbocycles. The molecule has 0 unspecified atom stereocenters. The number of hydrogen-bond acceptors (Lipinski definition) is 3. The summed E-state index contributed by atoms with van der Waals surface area (Å²) in [6, 6.07) is 1.86. The fourth-order valence-corrected chi connectivity index (χ4v) is 3.34. The Morgan fingerprint density at radius 1 is 1.43 bits per heavy atom. The largest absolute Gasteiger partial charge is 0.241 e. The highest BCUT2D eigenvalue weighted by Gasteiger charge is 2.11. The van der Waals surface area contributed by atoms with Crippen molar-refractivity contribution in [1.29, 1.82) is 0 Å². The van der Waals surface area contributed by atoms with Gasteiger partial charge in [0.15, 0.2) is 0 Å². The number of aromatic nitrogens is 1. The van der Waals surface area contributed by atoms with Crippen molar-refractivity contribution in [3.63, 3.8) is 0 Å². The van der Waals surface area contributed by atoms with E-state index in [4.69, 9.17) is 23.2 Å². The number of thiazole rings is 1. The number of aryl methyl sites for hydroxylation is 1. The van der Waals surface area contributed by atoms with Crippen LogP contribution in [-0.2, 0) is 6.42 Å². The van der Waals surface area contributed by atoms with E-state index in [1.165, 1.54) is 11.3 Å². The smallest absolute Gasteiger partial charge is 0.104 e. The van der Waals surface area contributed by atoms with E-state index in [2.05, 4.69) is 11.9 Å². The SMILES string of the molecule is CCc1nc(-c2cc(Cl)sc2Cl)cs1. The topological polar surface area (TPSA) is 12.9 Å². The Kier molecular flexibility index (Phi) is 3.12. The monoisotopic (exact) mass is 263 g/mol. The second-order valence-electron chi connectivity index (χ2n) is 2.72. The average molecular weight is 264 g/mol. The van der Waals surface area contributed by atoms with Crippen LogP contribution in [-0.4, -0.2) is 4.98 Å². The molecule has 0 amide bonds. The van der Waals surface area contributed by atoms with E-state index in [0.717, 1.165) is 22.7 Å². The summed E-state index contributed by atoms with van der Waals surface area (Å²) in [5, 5.41) is 3.14. The minimum absolute atomic E-state index is 0.705. The highest BCUT2D eigenvalue weighted by Crippen LogP contribution is 2.38. The van der Waals surface area contributed by atoms with Crippen LogP contribution in [0.5, 0.6) is 0 Å². The van der Waals surface area contributed by atoms with E-state index >= 15 is 0 Å². The predicted octanol–water partition coefficient (Wildman–Crippen LogP) is 4.74. The van der Waals surface area contributed by atoms with Crippen molar-refractivity contribution < 1.29 is 0 Å². The lowest BCUT2D eigenvalue weighted by molar-refractivity contribution is 1.10. The van der Waals surface area contributed by atoms with Gasteiger partial charge in [0.2, 0.25) is 0 Å². The number of rotatable bonds is 2. The molecular formula is C9H7Cl2NS2. The first-order valence-corrected chi connectivity index (χ1v) is 6.55. The third kappa shape index (κ3) is 1.96. The standard InChI is InChI=1S/C9H7Cl2NS2/c1-2-8-12-6(4-13-8)5-3-7(10)14-9(5)11/h3-4H,2H2,1H3. The molecule has 0 aliphatic rings. The van der Waals surface area contributed by atoms with Gasteiger partial charge >= 0.3 is 0 Å². The van der Waals surface area contributed by atoms with Crippen LogP contribution >= 0.6 is 45.9 Å². The Hall–Kier alpha value is -0.0900. The van der Waals surface area contributed by atoms with Crippen molar-refractivity contribution in [1.82, 2.24) is 4.98 Å². The summed E-state index contributed by atoms with van der Waals surface area (Å²) >= 11 is 14.9. The summed E-state index contributed by atoms with van der Waals surface area (Å²) in [5.41, 5.74) is 1.87. The molecule has 0 spiro atoms. The van der Waals surface area contributed by atoms with Gasteiger partial charge in [-0.25, -0.2) is 4.98 Å². The van der Waals surface area contributed by atoms with Gasteiger partial charge in [-0.3, -0.25) is 0 Å². The average Bonchev–Trinajstić information content (AvgIpc) is 2.71. The molecule has 0 saturated heterocycles. The van der Waals surface area contributed by atoms with Gasteiger partial charge in [0.25, 0.3) is 0 Å². The fraction of sp³-hybridized carbons (Fsp3) is 0.222. The second kappa shape index (κ2) is 4.19. The summed E-state index contributed by atoms with van der Waals surface area (Å²) in [5.74, 6) is 0. The first-order chi connectivity index (χ1) is 6.70. The first kappa shape index (κ1) is 10.4. The van der Waals surface area contributed by atoms with Gasteiger partial charge in [0.1, 0.15) is 4.34 Å². The maximum Gasteiger partial charge on any atom is 0.104 e. The normalized spacial score (nSPS) is 10.8. The molecule has 0 atom stereocenters. The van der Waals surface area contributed by atoms with Crippen LogP contribution in [0.3, 0.4) is 0 Å². The quantitative estimate of drug-likeness (QED) is 0.763. The van der Waals surface area contributed by atoms with Gasteiger partial charge in [-0.05, 0) is 12.5 Å². The maximum atomic E-state index is 6.03. The van der Waals surface area contributed by atoms with Gasteiger partial charge in [-0.1, -0.05) is 30.1 Å². The zero-order valence-electron chi connectivity index (χ0n) is 7.38. The van der Waals surface area contributed by atoms with Gasteiger partial charge in [-0.15, -0.1) is 22.7 Å². The van der Waals surface area contributed by atoms with Crippen molar-refractivity contribution in [3.05, 3.63) is 25.1 Å². The molecule has 0 fully saturated rings. The summed E-state index contributed by atoms with van der Waals surface area (Å²) in [4.78, 5) is 4.46. The van der Waals surface area contributed by atoms with E-state index in [0.29, 0.717) is 8.67 Å². The number of halogens is 2. The molecule has 14 heavy (non-hydrogen) atoms. The van der Waals surface area contributed by atoms with Crippen molar-refractivity contribution in [3.8, 4) is 11.3 Å². The summed E-state index contributed by atoms with van der Waals surface area (Å²) < 4.78 is 1.42. The van der Waals surface area contributed by atoms with Crippen LogP contribution in [0.1, 0.15) is 11.9 Å². The molecule has 0 radical (unpaired) electrons. The van der Waals surface area contributed by atoms with Crippen LogP contribution in [0.25, 0.3) is 11.3 Å². The van der Waals surface area contributed by atoms with Gasteiger partial charge in [0, 0.05) is 10.9 Å². The second-order valence-corrected chi connectivity index (χ2v) is 5.95. The summed E-state index contributed by atoms with van der Waals surface area (Å²) in [6.45, 7) is 2.09. The Morgan fingerprint density at radius 3 is 2.71 bits per heavy atom. The Labute approximate surface area is 100 Å². The lowest BCUT2D eigenvalue weighted by Gasteiger charge is -1.90. The van der Waals surface area contributed by atoms with E-state index in [1.54, 1.807) is 11.3 Å². The number of thiophene rings is 1. The lowest BCUT2D eigenvalue weighted by Crippen LogP contribution is -1.78. The minimum atomic E-state index is 0.705. The van der Waals surface area contributed by atoms with Crippen LogP contribution in [0.15, 0.2) is 11.4 Å². The van der Waals surface area contributed by atoms with Crippen molar-refractivity contribution in [2.24, 2.45) is 0 Å². The number of hydrogen-bond donors (Lipinski definition) is 0. The molecule has 74 valence electrons. The molecule has 5 heteroatoms. The molecule has 2 aromatic heterocycles.